The van der Waals surface area contributed by atoms with Gasteiger partial charge in [0.1, 0.15) is 22.8 Å². The van der Waals surface area contributed by atoms with Crippen LogP contribution >= 0.6 is 0 Å². The third-order valence-electron chi connectivity index (χ3n) is 3.65. The van der Waals surface area contributed by atoms with Crippen LogP contribution in [0.3, 0.4) is 0 Å². The SMILES string of the molecule is [O-][S+](Cc1cccc(Oc2ccccc2)c1)c1nc2cnccc2[nH]1. The number of nitrogens with zero attached hydrogens (tertiary/aromatic N) is 2. The number of aromatic nitrogens is 3. The third-order valence-corrected chi connectivity index (χ3v) is 4.87. The monoisotopic (exact) mass is 349 g/mol. The summed E-state index contributed by atoms with van der Waals surface area (Å²) in [6.07, 6.45) is 3.33. The lowest BCUT2D eigenvalue weighted by molar-refractivity contribution is 0.482. The number of hydrogen-bond acceptors (Lipinski definition) is 4. The van der Waals surface area contributed by atoms with Crippen molar-refractivity contribution in [3.8, 4) is 11.5 Å². The van der Waals surface area contributed by atoms with Gasteiger partial charge in [0.25, 0.3) is 0 Å². The summed E-state index contributed by atoms with van der Waals surface area (Å²) in [6.45, 7) is 0. The van der Waals surface area contributed by atoms with Crippen molar-refractivity contribution in [1.82, 2.24) is 15.0 Å². The number of ether oxygens (including phenoxy) is 1. The largest absolute Gasteiger partial charge is 0.609 e. The van der Waals surface area contributed by atoms with Crippen LogP contribution in [-0.2, 0) is 16.9 Å². The van der Waals surface area contributed by atoms with Crippen LogP contribution in [-0.4, -0.2) is 19.5 Å². The number of pyridine rings is 1. The quantitative estimate of drug-likeness (QED) is 0.552. The molecule has 1 N–H and O–H groups in total. The van der Waals surface area contributed by atoms with E-state index in [9.17, 15) is 4.55 Å². The smallest absolute Gasteiger partial charge is 0.322 e. The van der Waals surface area contributed by atoms with Gasteiger partial charge in [-0.25, -0.2) is 0 Å². The number of imidazole rings is 1. The zero-order valence-electron chi connectivity index (χ0n) is 13.3. The standard InChI is InChI=1S/C19H15N3O2S/c23-25(19-21-17-9-10-20-12-18(17)22-19)13-14-5-4-8-16(11-14)24-15-6-2-1-3-7-15/h1-12H,13H2,(H,21,22). The molecule has 0 saturated carbocycles. The molecule has 4 aromatic rings. The predicted molar refractivity (Wildman–Crippen MR) is 97.0 cm³/mol. The average Bonchev–Trinajstić information content (AvgIpc) is 3.07. The second-order valence-electron chi connectivity index (χ2n) is 5.49. The first kappa shape index (κ1) is 15.7. The first-order valence-corrected chi connectivity index (χ1v) is 9.10. The Morgan fingerprint density at radius 3 is 2.68 bits per heavy atom. The van der Waals surface area contributed by atoms with Crippen molar-refractivity contribution < 1.29 is 9.29 Å². The molecular formula is C19H15N3O2S. The molecule has 2 heterocycles. The summed E-state index contributed by atoms with van der Waals surface area (Å²) >= 11 is -1.27. The predicted octanol–water partition coefficient (Wildman–Crippen LogP) is 4.06. The molecule has 5 nitrogen and oxygen atoms in total. The molecule has 0 amide bonds. The Labute approximate surface area is 147 Å². The number of nitrogens with one attached hydrogen (secondary N) is 1. The minimum Gasteiger partial charge on any atom is -0.609 e. The lowest BCUT2D eigenvalue weighted by Crippen LogP contribution is -2.07. The fourth-order valence-corrected chi connectivity index (χ4v) is 3.53. The van der Waals surface area contributed by atoms with Crippen molar-refractivity contribution >= 4 is 22.2 Å². The van der Waals surface area contributed by atoms with Crippen LogP contribution in [0.15, 0.2) is 78.2 Å². The van der Waals surface area contributed by atoms with Crippen LogP contribution in [0.1, 0.15) is 5.56 Å². The summed E-state index contributed by atoms with van der Waals surface area (Å²) in [5.74, 6) is 1.85. The maximum atomic E-state index is 12.6. The Morgan fingerprint density at radius 1 is 1.00 bits per heavy atom. The molecule has 4 rings (SSSR count). The molecule has 0 radical (unpaired) electrons. The van der Waals surface area contributed by atoms with Gasteiger partial charge in [-0.1, -0.05) is 30.3 Å². The minimum absolute atomic E-state index is 0.360. The Morgan fingerprint density at radius 2 is 1.84 bits per heavy atom. The van der Waals surface area contributed by atoms with Crippen molar-refractivity contribution in [2.45, 2.75) is 10.9 Å². The van der Waals surface area contributed by atoms with Gasteiger partial charge in [-0.2, -0.15) is 4.98 Å². The number of para-hydroxylation sites is 1. The van der Waals surface area contributed by atoms with Crippen molar-refractivity contribution in [3.05, 3.63) is 78.6 Å². The molecule has 124 valence electrons. The average molecular weight is 349 g/mol. The minimum atomic E-state index is -1.27. The van der Waals surface area contributed by atoms with Crippen LogP contribution in [0.5, 0.6) is 11.5 Å². The molecule has 25 heavy (non-hydrogen) atoms. The summed E-state index contributed by atoms with van der Waals surface area (Å²) < 4.78 is 18.4. The van der Waals surface area contributed by atoms with Gasteiger partial charge < -0.3 is 9.29 Å². The lowest BCUT2D eigenvalue weighted by atomic mass is 10.2. The molecule has 0 saturated heterocycles. The summed E-state index contributed by atoms with van der Waals surface area (Å²) in [7, 11) is 0. The topological polar surface area (TPSA) is 73.9 Å². The second-order valence-corrected chi connectivity index (χ2v) is 6.85. The number of benzene rings is 2. The van der Waals surface area contributed by atoms with E-state index in [4.69, 9.17) is 4.74 Å². The molecule has 0 spiro atoms. The fourth-order valence-electron chi connectivity index (χ4n) is 2.48. The molecular weight excluding hydrogens is 334 g/mol. The van der Waals surface area contributed by atoms with E-state index >= 15 is 0 Å². The van der Waals surface area contributed by atoms with Gasteiger partial charge in [-0.15, -0.1) is 0 Å². The van der Waals surface area contributed by atoms with Crippen molar-refractivity contribution in [2.24, 2.45) is 0 Å². The summed E-state index contributed by atoms with van der Waals surface area (Å²) in [5.41, 5.74) is 2.47. The van der Waals surface area contributed by atoms with Crippen molar-refractivity contribution in [3.63, 3.8) is 0 Å². The first-order chi connectivity index (χ1) is 12.3. The van der Waals surface area contributed by atoms with E-state index in [1.807, 2.05) is 60.7 Å². The first-order valence-electron chi connectivity index (χ1n) is 7.78. The number of fused-ring (bicyclic) bond motifs is 1. The van der Waals surface area contributed by atoms with Gasteiger partial charge in [-0.3, -0.25) is 9.97 Å². The Balaban J connectivity index is 1.51. The van der Waals surface area contributed by atoms with E-state index in [-0.39, 0.29) is 0 Å². The normalized spacial score (nSPS) is 12.2. The molecule has 1 unspecified atom stereocenters. The third kappa shape index (κ3) is 3.65. The highest BCUT2D eigenvalue weighted by Gasteiger charge is 2.17. The van der Waals surface area contributed by atoms with Gasteiger partial charge in [0.05, 0.1) is 11.7 Å². The van der Waals surface area contributed by atoms with E-state index in [2.05, 4.69) is 15.0 Å². The molecule has 0 aliphatic heterocycles. The summed E-state index contributed by atoms with van der Waals surface area (Å²) in [6, 6.07) is 19.0. The van der Waals surface area contributed by atoms with Crippen molar-refractivity contribution in [1.29, 1.82) is 0 Å². The zero-order chi connectivity index (χ0) is 17.1. The molecule has 6 heteroatoms. The second kappa shape index (κ2) is 6.96. The molecule has 0 aliphatic rings. The van der Waals surface area contributed by atoms with Gasteiger partial charge in [0.2, 0.25) is 0 Å². The Hall–Kier alpha value is -2.83. The van der Waals surface area contributed by atoms with E-state index in [1.54, 1.807) is 12.4 Å². The van der Waals surface area contributed by atoms with Crippen LogP contribution in [0.2, 0.25) is 0 Å². The van der Waals surface area contributed by atoms with Gasteiger partial charge in [0.15, 0.2) is 0 Å². The molecule has 0 fully saturated rings. The zero-order valence-corrected chi connectivity index (χ0v) is 14.1. The molecule has 1 atom stereocenters. The molecule has 0 bridgehead atoms. The van der Waals surface area contributed by atoms with Crippen molar-refractivity contribution in [2.75, 3.05) is 0 Å². The van der Waals surface area contributed by atoms with Crippen LogP contribution in [0.25, 0.3) is 11.0 Å². The molecule has 0 aliphatic carbocycles. The maximum absolute atomic E-state index is 12.6. The number of hydrogen-bond donors (Lipinski definition) is 1. The molecule has 2 aromatic carbocycles. The highest BCUT2D eigenvalue weighted by molar-refractivity contribution is 7.90. The van der Waals surface area contributed by atoms with Gasteiger partial charge >= 0.3 is 5.16 Å². The van der Waals surface area contributed by atoms with Gasteiger partial charge in [0, 0.05) is 22.9 Å². The van der Waals surface area contributed by atoms with Crippen LogP contribution < -0.4 is 4.74 Å². The van der Waals surface area contributed by atoms with E-state index < -0.39 is 11.2 Å². The Kier molecular flexibility index (Phi) is 4.37. The maximum Gasteiger partial charge on any atom is 0.322 e. The number of H-pyrrole nitrogens is 1. The van der Waals surface area contributed by atoms with E-state index in [1.165, 1.54) is 0 Å². The number of aromatic amines is 1. The van der Waals surface area contributed by atoms with Crippen LogP contribution in [0, 0.1) is 0 Å². The van der Waals surface area contributed by atoms with E-state index in [0.717, 1.165) is 22.6 Å². The fraction of sp³-hybridized carbons (Fsp3) is 0.0526. The highest BCUT2D eigenvalue weighted by atomic mass is 32.2. The summed E-state index contributed by atoms with van der Waals surface area (Å²) in [5, 5.41) is 0.456. The van der Waals surface area contributed by atoms with E-state index in [0.29, 0.717) is 16.4 Å². The number of rotatable bonds is 5. The highest BCUT2D eigenvalue weighted by Crippen LogP contribution is 2.24. The Bertz CT molecular complexity index is 955. The van der Waals surface area contributed by atoms with Gasteiger partial charge in [-0.05, 0) is 30.3 Å². The lowest BCUT2D eigenvalue weighted by Gasteiger charge is -2.09. The summed E-state index contributed by atoms with van der Waals surface area (Å²) in [4.78, 5) is 11.5. The molecule has 2 aromatic heterocycles. The van der Waals surface area contributed by atoms with Crippen LogP contribution in [0.4, 0.5) is 0 Å².